The van der Waals surface area contributed by atoms with Crippen LogP contribution in [0.25, 0.3) is 11.0 Å². The molecule has 1 aromatic heterocycles. The standard InChI is InChI=1S/C23H21NO7/c1-2-30-17-12-13(9-10-15(17)25)20-19-21(28)14-6-3-4-7-16(14)31-22(19)23(29)24(20)11-5-8-18(26)27/h3-4,6-7,9-10,12,20,25H,2,5,8,11H2,1H3,(H,26,27). The van der Waals surface area contributed by atoms with Crippen molar-refractivity contribution >= 4 is 22.8 Å². The molecule has 0 bridgehead atoms. The molecule has 0 saturated carbocycles. The van der Waals surface area contributed by atoms with Gasteiger partial charge in [-0.1, -0.05) is 18.2 Å². The predicted octanol–water partition coefficient (Wildman–Crippen LogP) is 3.31. The molecule has 0 fully saturated rings. The molecule has 1 atom stereocenters. The fraction of sp³-hybridized carbons (Fsp3) is 0.261. The highest BCUT2D eigenvalue weighted by atomic mass is 16.5. The Morgan fingerprint density at radius 3 is 2.71 bits per heavy atom. The van der Waals surface area contributed by atoms with E-state index in [-0.39, 0.29) is 47.6 Å². The topological polar surface area (TPSA) is 117 Å². The molecule has 31 heavy (non-hydrogen) atoms. The molecule has 1 aliphatic heterocycles. The molecule has 1 aliphatic rings. The molecule has 3 aromatic rings. The van der Waals surface area contributed by atoms with Crippen molar-refractivity contribution in [3.05, 3.63) is 69.6 Å². The Morgan fingerprint density at radius 2 is 1.97 bits per heavy atom. The maximum Gasteiger partial charge on any atom is 0.303 e. The number of carboxylic acids is 1. The number of benzene rings is 2. The lowest BCUT2D eigenvalue weighted by Crippen LogP contribution is -2.31. The van der Waals surface area contributed by atoms with Crippen molar-refractivity contribution in [2.75, 3.05) is 13.2 Å². The number of aromatic hydroxyl groups is 1. The fourth-order valence-electron chi connectivity index (χ4n) is 3.92. The quantitative estimate of drug-likeness (QED) is 0.599. The van der Waals surface area contributed by atoms with Crippen LogP contribution in [0.3, 0.4) is 0 Å². The van der Waals surface area contributed by atoms with Crippen LogP contribution in [0.5, 0.6) is 11.5 Å². The van der Waals surface area contributed by atoms with Gasteiger partial charge in [0.15, 0.2) is 16.9 Å². The van der Waals surface area contributed by atoms with Gasteiger partial charge >= 0.3 is 5.97 Å². The van der Waals surface area contributed by atoms with Crippen LogP contribution in [0.1, 0.15) is 47.5 Å². The highest BCUT2D eigenvalue weighted by Gasteiger charge is 2.42. The second-order valence-corrected chi connectivity index (χ2v) is 7.23. The Hall–Kier alpha value is -3.81. The molecular weight excluding hydrogens is 402 g/mol. The third-order valence-electron chi connectivity index (χ3n) is 5.26. The third-order valence-corrected chi connectivity index (χ3v) is 5.26. The number of amides is 1. The maximum atomic E-state index is 13.3. The molecule has 160 valence electrons. The number of carbonyl (C=O) groups is 2. The smallest absolute Gasteiger partial charge is 0.303 e. The van der Waals surface area contributed by atoms with Crippen molar-refractivity contribution in [2.45, 2.75) is 25.8 Å². The van der Waals surface area contributed by atoms with Crippen molar-refractivity contribution in [1.29, 1.82) is 0 Å². The first-order valence-electron chi connectivity index (χ1n) is 9.96. The summed E-state index contributed by atoms with van der Waals surface area (Å²) in [7, 11) is 0. The zero-order valence-corrected chi connectivity index (χ0v) is 16.8. The zero-order chi connectivity index (χ0) is 22.1. The highest BCUT2D eigenvalue weighted by molar-refractivity contribution is 5.99. The molecule has 8 nitrogen and oxygen atoms in total. The average molecular weight is 423 g/mol. The number of para-hydroxylation sites is 1. The van der Waals surface area contributed by atoms with Gasteiger partial charge in [0.1, 0.15) is 5.58 Å². The molecular formula is C23H21NO7. The first kappa shape index (κ1) is 20.5. The van der Waals surface area contributed by atoms with E-state index in [1.807, 2.05) is 0 Å². The number of carboxylic acid groups (broad SMARTS) is 1. The van der Waals surface area contributed by atoms with E-state index >= 15 is 0 Å². The molecule has 4 rings (SSSR count). The number of fused-ring (bicyclic) bond motifs is 2. The van der Waals surface area contributed by atoms with Crippen LogP contribution in [-0.2, 0) is 4.79 Å². The Bertz CT molecular complexity index is 1230. The van der Waals surface area contributed by atoms with Gasteiger partial charge in [-0.2, -0.15) is 0 Å². The van der Waals surface area contributed by atoms with E-state index in [0.29, 0.717) is 23.1 Å². The van der Waals surface area contributed by atoms with Crippen LogP contribution < -0.4 is 10.2 Å². The second kappa shape index (κ2) is 8.14. The molecule has 0 radical (unpaired) electrons. The summed E-state index contributed by atoms with van der Waals surface area (Å²) in [5.41, 5.74) is 0.756. The van der Waals surface area contributed by atoms with Gasteiger partial charge in [-0.3, -0.25) is 14.4 Å². The lowest BCUT2D eigenvalue weighted by molar-refractivity contribution is -0.137. The number of hydrogen-bond donors (Lipinski definition) is 2. The predicted molar refractivity (Wildman–Crippen MR) is 112 cm³/mol. The molecule has 8 heteroatoms. The van der Waals surface area contributed by atoms with Crippen LogP contribution in [0.4, 0.5) is 0 Å². The van der Waals surface area contributed by atoms with Crippen LogP contribution in [0, 0.1) is 0 Å². The lowest BCUT2D eigenvalue weighted by atomic mass is 9.98. The van der Waals surface area contributed by atoms with E-state index in [9.17, 15) is 19.5 Å². The van der Waals surface area contributed by atoms with Crippen molar-refractivity contribution < 1.29 is 29.0 Å². The van der Waals surface area contributed by atoms with E-state index in [4.69, 9.17) is 14.3 Å². The third kappa shape index (κ3) is 3.61. The Labute approximate surface area is 177 Å². The Kier molecular flexibility index (Phi) is 5.37. The minimum atomic E-state index is -0.969. The van der Waals surface area contributed by atoms with E-state index in [0.717, 1.165) is 0 Å². The first-order chi connectivity index (χ1) is 14.9. The Balaban J connectivity index is 1.88. The zero-order valence-electron chi connectivity index (χ0n) is 16.8. The summed E-state index contributed by atoms with van der Waals surface area (Å²) in [5.74, 6) is -1.31. The first-order valence-corrected chi connectivity index (χ1v) is 9.96. The number of phenols is 1. The minimum Gasteiger partial charge on any atom is -0.504 e. The molecule has 2 N–H and O–H groups in total. The number of carbonyl (C=O) groups excluding carboxylic acids is 1. The lowest BCUT2D eigenvalue weighted by Gasteiger charge is -2.25. The van der Waals surface area contributed by atoms with Crippen molar-refractivity contribution in [2.24, 2.45) is 0 Å². The number of ether oxygens (including phenoxy) is 1. The fourth-order valence-corrected chi connectivity index (χ4v) is 3.92. The molecule has 2 heterocycles. The van der Waals surface area contributed by atoms with Gasteiger partial charge in [-0.25, -0.2) is 0 Å². The van der Waals surface area contributed by atoms with Gasteiger partial charge in [-0.15, -0.1) is 0 Å². The van der Waals surface area contributed by atoms with Gasteiger partial charge in [0.05, 0.1) is 23.6 Å². The monoisotopic (exact) mass is 423 g/mol. The Morgan fingerprint density at radius 1 is 1.19 bits per heavy atom. The van der Waals surface area contributed by atoms with Crippen molar-refractivity contribution in [3.63, 3.8) is 0 Å². The number of phenolic OH excluding ortho intramolecular Hbond substituents is 1. The molecule has 0 aliphatic carbocycles. The van der Waals surface area contributed by atoms with E-state index < -0.39 is 17.9 Å². The van der Waals surface area contributed by atoms with E-state index in [1.165, 1.54) is 11.0 Å². The van der Waals surface area contributed by atoms with Gasteiger partial charge in [-0.05, 0) is 43.2 Å². The van der Waals surface area contributed by atoms with Gasteiger partial charge in [0.2, 0.25) is 5.76 Å². The minimum absolute atomic E-state index is 0.0462. The summed E-state index contributed by atoms with van der Waals surface area (Å²) < 4.78 is 11.3. The van der Waals surface area contributed by atoms with Crippen LogP contribution >= 0.6 is 0 Å². The van der Waals surface area contributed by atoms with Crippen molar-refractivity contribution in [3.8, 4) is 11.5 Å². The summed E-state index contributed by atoms with van der Waals surface area (Å²) in [4.78, 5) is 39.0. The molecule has 1 amide bonds. The largest absolute Gasteiger partial charge is 0.504 e. The summed E-state index contributed by atoms with van der Waals surface area (Å²) in [6.07, 6.45) is 0.103. The summed E-state index contributed by atoms with van der Waals surface area (Å²) in [5, 5.41) is 19.4. The normalized spacial score (nSPS) is 15.3. The molecule has 1 unspecified atom stereocenters. The number of rotatable bonds is 7. The van der Waals surface area contributed by atoms with Gasteiger partial charge in [0.25, 0.3) is 5.91 Å². The highest BCUT2D eigenvalue weighted by Crippen LogP contribution is 2.40. The average Bonchev–Trinajstić information content (AvgIpc) is 3.02. The second-order valence-electron chi connectivity index (χ2n) is 7.23. The maximum absolute atomic E-state index is 13.3. The van der Waals surface area contributed by atoms with Crippen LogP contribution in [-0.4, -0.2) is 40.1 Å². The summed E-state index contributed by atoms with van der Waals surface area (Å²) in [6.45, 7) is 2.23. The van der Waals surface area contributed by atoms with E-state index in [2.05, 4.69) is 0 Å². The SMILES string of the molecule is CCOc1cc(C2c3c(oc4ccccc4c3=O)C(=O)N2CCCC(=O)O)ccc1O. The number of aliphatic carboxylic acids is 1. The number of hydrogen-bond acceptors (Lipinski definition) is 6. The van der Waals surface area contributed by atoms with Gasteiger partial charge < -0.3 is 24.3 Å². The summed E-state index contributed by atoms with van der Waals surface area (Å²) >= 11 is 0. The van der Waals surface area contributed by atoms with Crippen molar-refractivity contribution in [1.82, 2.24) is 4.90 Å². The van der Waals surface area contributed by atoms with Crippen LogP contribution in [0.2, 0.25) is 0 Å². The van der Waals surface area contributed by atoms with E-state index in [1.54, 1.807) is 43.3 Å². The number of nitrogens with zero attached hydrogens (tertiary/aromatic N) is 1. The molecule has 0 saturated heterocycles. The van der Waals surface area contributed by atoms with Gasteiger partial charge in [0, 0.05) is 13.0 Å². The van der Waals surface area contributed by atoms with Crippen LogP contribution in [0.15, 0.2) is 51.7 Å². The molecule has 0 spiro atoms. The summed E-state index contributed by atoms with van der Waals surface area (Å²) in [6, 6.07) is 10.6. The molecule has 2 aromatic carbocycles.